The van der Waals surface area contributed by atoms with Gasteiger partial charge in [-0.1, -0.05) is 20.3 Å². The molecule has 122 valence electrons. The Bertz CT molecular complexity index is 354. The molecule has 0 aromatic carbocycles. The van der Waals surface area contributed by atoms with Crippen LogP contribution in [0.2, 0.25) is 0 Å². The number of piperidine rings is 2. The molecular weight excluding hydrogens is 258 g/mol. The van der Waals surface area contributed by atoms with Crippen molar-refractivity contribution in [3.63, 3.8) is 0 Å². The van der Waals surface area contributed by atoms with Crippen molar-refractivity contribution < 1.29 is 0 Å². The van der Waals surface area contributed by atoms with Crippen LogP contribution in [-0.4, -0.2) is 55.1 Å². The SMILES string of the molecule is CN1CCCC2CN(CC3CCCC(C)(C)C3N)CCC21. The molecule has 4 unspecified atom stereocenters. The van der Waals surface area contributed by atoms with Crippen molar-refractivity contribution in [1.82, 2.24) is 9.80 Å². The normalized spacial score (nSPS) is 41.7. The molecule has 2 saturated heterocycles. The minimum atomic E-state index is 0.340. The highest BCUT2D eigenvalue weighted by Gasteiger charge is 2.39. The average Bonchev–Trinajstić information content (AvgIpc) is 2.44. The predicted molar refractivity (Wildman–Crippen MR) is 89.3 cm³/mol. The molecule has 3 nitrogen and oxygen atoms in total. The Kier molecular flexibility index (Phi) is 4.63. The number of fused-ring (bicyclic) bond motifs is 1. The van der Waals surface area contributed by atoms with Crippen LogP contribution in [0.5, 0.6) is 0 Å². The summed E-state index contributed by atoms with van der Waals surface area (Å²) in [6, 6.07) is 1.24. The Balaban J connectivity index is 1.56. The van der Waals surface area contributed by atoms with Gasteiger partial charge in [-0.25, -0.2) is 0 Å². The molecule has 3 fully saturated rings. The molecule has 0 radical (unpaired) electrons. The lowest BCUT2D eigenvalue weighted by Gasteiger charge is -2.48. The van der Waals surface area contributed by atoms with E-state index in [4.69, 9.17) is 5.73 Å². The van der Waals surface area contributed by atoms with Crippen LogP contribution in [0.1, 0.15) is 52.4 Å². The standard InChI is InChI=1S/C18H35N3/c1-18(2)9-4-6-15(17(18)19)13-21-11-8-16-14(12-21)7-5-10-20(16)3/h14-17H,4-13,19H2,1-3H3. The van der Waals surface area contributed by atoms with Crippen LogP contribution in [0.3, 0.4) is 0 Å². The zero-order chi connectivity index (χ0) is 15.0. The van der Waals surface area contributed by atoms with Gasteiger partial charge in [0.1, 0.15) is 0 Å². The third-order valence-electron chi connectivity index (χ3n) is 6.73. The van der Waals surface area contributed by atoms with E-state index in [9.17, 15) is 0 Å². The third kappa shape index (κ3) is 3.30. The maximum Gasteiger partial charge on any atom is 0.0145 e. The number of nitrogens with zero attached hydrogens (tertiary/aromatic N) is 2. The van der Waals surface area contributed by atoms with E-state index < -0.39 is 0 Å². The maximum atomic E-state index is 6.59. The lowest BCUT2D eigenvalue weighted by atomic mass is 9.68. The first kappa shape index (κ1) is 15.8. The van der Waals surface area contributed by atoms with Crippen LogP contribution in [0.25, 0.3) is 0 Å². The molecule has 3 rings (SSSR count). The predicted octanol–water partition coefficient (Wildman–Crippen LogP) is 2.56. The number of nitrogens with two attached hydrogens (primary N) is 1. The number of hydrogen-bond donors (Lipinski definition) is 1. The van der Waals surface area contributed by atoms with E-state index in [-0.39, 0.29) is 0 Å². The molecule has 3 aliphatic rings. The minimum absolute atomic E-state index is 0.340. The van der Waals surface area contributed by atoms with E-state index in [1.807, 2.05) is 0 Å². The summed E-state index contributed by atoms with van der Waals surface area (Å²) in [6.07, 6.45) is 8.21. The zero-order valence-electron chi connectivity index (χ0n) is 14.4. The van der Waals surface area contributed by atoms with Gasteiger partial charge < -0.3 is 15.5 Å². The monoisotopic (exact) mass is 293 g/mol. The largest absolute Gasteiger partial charge is 0.327 e. The van der Waals surface area contributed by atoms with Gasteiger partial charge >= 0.3 is 0 Å². The molecule has 1 aliphatic carbocycles. The Morgan fingerprint density at radius 2 is 1.90 bits per heavy atom. The fourth-order valence-electron chi connectivity index (χ4n) is 5.23. The molecule has 0 aromatic rings. The first-order valence-corrected chi connectivity index (χ1v) is 9.15. The van der Waals surface area contributed by atoms with Gasteiger partial charge in [-0.3, -0.25) is 0 Å². The summed E-state index contributed by atoms with van der Waals surface area (Å²) in [5.41, 5.74) is 6.93. The second-order valence-electron chi connectivity index (χ2n) is 8.67. The van der Waals surface area contributed by atoms with Gasteiger partial charge in [-0.15, -0.1) is 0 Å². The molecular formula is C18H35N3. The van der Waals surface area contributed by atoms with E-state index in [2.05, 4.69) is 30.7 Å². The maximum absolute atomic E-state index is 6.59. The zero-order valence-corrected chi connectivity index (χ0v) is 14.4. The van der Waals surface area contributed by atoms with Crippen molar-refractivity contribution in [2.24, 2.45) is 23.0 Å². The van der Waals surface area contributed by atoms with Crippen LogP contribution in [0, 0.1) is 17.3 Å². The summed E-state index contributed by atoms with van der Waals surface area (Å²) in [7, 11) is 2.33. The van der Waals surface area contributed by atoms with Gasteiger partial charge in [0.2, 0.25) is 0 Å². The lowest BCUT2D eigenvalue weighted by molar-refractivity contribution is 0.0198. The highest BCUT2D eigenvalue weighted by Crippen LogP contribution is 2.39. The van der Waals surface area contributed by atoms with E-state index >= 15 is 0 Å². The van der Waals surface area contributed by atoms with E-state index in [1.54, 1.807) is 0 Å². The molecule has 2 aliphatic heterocycles. The Hall–Kier alpha value is -0.120. The second-order valence-corrected chi connectivity index (χ2v) is 8.67. The van der Waals surface area contributed by atoms with Crippen molar-refractivity contribution >= 4 is 0 Å². The molecule has 0 aromatic heterocycles. The molecule has 4 atom stereocenters. The highest BCUT2D eigenvalue weighted by atomic mass is 15.2. The second kappa shape index (κ2) is 6.17. The molecule has 21 heavy (non-hydrogen) atoms. The summed E-state index contributed by atoms with van der Waals surface area (Å²) in [5, 5.41) is 0. The third-order valence-corrected chi connectivity index (χ3v) is 6.73. The molecule has 2 heterocycles. The van der Waals surface area contributed by atoms with Gasteiger partial charge in [0.25, 0.3) is 0 Å². The van der Waals surface area contributed by atoms with Gasteiger partial charge in [0, 0.05) is 25.2 Å². The Morgan fingerprint density at radius 1 is 1.10 bits per heavy atom. The molecule has 0 amide bonds. The minimum Gasteiger partial charge on any atom is -0.327 e. The van der Waals surface area contributed by atoms with Crippen molar-refractivity contribution in [3.8, 4) is 0 Å². The molecule has 2 N–H and O–H groups in total. The Morgan fingerprint density at radius 3 is 2.71 bits per heavy atom. The van der Waals surface area contributed by atoms with Crippen molar-refractivity contribution in [2.75, 3.05) is 33.2 Å². The molecule has 0 spiro atoms. The van der Waals surface area contributed by atoms with Gasteiger partial charge in [-0.05, 0) is 69.5 Å². The average molecular weight is 293 g/mol. The fraction of sp³-hybridized carbons (Fsp3) is 1.00. The summed E-state index contributed by atoms with van der Waals surface area (Å²) in [5.74, 6) is 1.62. The summed E-state index contributed by atoms with van der Waals surface area (Å²) >= 11 is 0. The highest BCUT2D eigenvalue weighted by molar-refractivity contribution is 4.94. The van der Waals surface area contributed by atoms with Gasteiger partial charge in [-0.2, -0.15) is 0 Å². The van der Waals surface area contributed by atoms with Crippen molar-refractivity contribution in [2.45, 2.75) is 64.5 Å². The summed E-state index contributed by atoms with van der Waals surface area (Å²) < 4.78 is 0. The number of likely N-dealkylation sites (tertiary alicyclic amines) is 2. The van der Waals surface area contributed by atoms with Crippen LogP contribution in [0.15, 0.2) is 0 Å². The lowest BCUT2D eigenvalue weighted by Crippen LogP contribution is -2.55. The summed E-state index contributed by atoms with van der Waals surface area (Å²) in [4.78, 5) is 5.35. The van der Waals surface area contributed by atoms with Gasteiger partial charge in [0.05, 0.1) is 0 Å². The topological polar surface area (TPSA) is 32.5 Å². The van der Waals surface area contributed by atoms with Crippen LogP contribution >= 0.6 is 0 Å². The smallest absolute Gasteiger partial charge is 0.0145 e. The molecule has 1 saturated carbocycles. The van der Waals surface area contributed by atoms with Crippen molar-refractivity contribution in [3.05, 3.63) is 0 Å². The van der Waals surface area contributed by atoms with Crippen molar-refractivity contribution in [1.29, 1.82) is 0 Å². The van der Waals surface area contributed by atoms with E-state index in [1.165, 1.54) is 64.7 Å². The Labute approximate surface area is 131 Å². The number of rotatable bonds is 2. The van der Waals surface area contributed by atoms with Gasteiger partial charge in [0.15, 0.2) is 0 Å². The fourth-order valence-corrected chi connectivity index (χ4v) is 5.23. The molecule has 3 heteroatoms. The summed E-state index contributed by atoms with van der Waals surface area (Å²) in [6.45, 7) is 9.90. The van der Waals surface area contributed by atoms with E-state index in [0.29, 0.717) is 17.4 Å². The quantitative estimate of drug-likeness (QED) is 0.849. The van der Waals surface area contributed by atoms with Crippen LogP contribution < -0.4 is 5.73 Å². The van der Waals surface area contributed by atoms with E-state index in [0.717, 1.165) is 12.0 Å². The first-order valence-electron chi connectivity index (χ1n) is 9.15. The first-order chi connectivity index (χ1) is 9.97. The van der Waals surface area contributed by atoms with Crippen LogP contribution in [0.4, 0.5) is 0 Å². The number of hydrogen-bond acceptors (Lipinski definition) is 3. The van der Waals surface area contributed by atoms with Crippen LogP contribution in [-0.2, 0) is 0 Å². The molecule has 0 bridgehead atoms.